The number of rotatable bonds is 7. The zero-order valence-corrected chi connectivity index (χ0v) is 13.5. The van der Waals surface area contributed by atoms with Crippen LogP contribution in [0.1, 0.15) is 30.8 Å². The molecule has 1 fully saturated rings. The molecule has 2 amide bonds. The fraction of sp³-hybridized carbons (Fsp3) is 0.438. The number of carbonyl (C=O) groups is 2. The number of hydrogen-bond donors (Lipinski definition) is 2. The van der Waals surface area contributed by atoms with E-state index in [4.69, 9.17) is 0 Å². The summed E-state index contributed by atoms with van der Waals surface area (Å²) in [7, 11) is 0. The van der Waals surface area contributed by atoms with Crippen molar-refractivity contribution in [2.45, 2.75) is 45.2 Å². The lowest BCUT2D eigenvalue weighted by molar-refractivity contribution is -0.122. The van der Waals surface area contributed by atoms with Crippen molar-refractivity contribution in [1.82, 2.24) is 25.1 Å². The SMILES string of the molecule is Cc1nccc(CCC(=O)Nc2cnn(CC(=O)NC3CC3)c2)n1. The average molecular weight is 328 g/mol. The van der Waals surface area contributed by atoms with Gasteiger partial charge in [0.1, 0.15) is 12.4 Å². The van der Waals surface area contributed by atoms with E-state index >= 15 is 0 Å². The van der Waals surface area contributed by atoms with Crippen molar-refractivity contribution in [3.8, 4) is 0 Å². The van der Waals surface area contributed by atoms with Gasteiger partial charge in [0.25, 0.3) is 0 Å². The smallest absolute Gasteiger partial charge is 0.241 e. The summed E-state index contributed by atoms with van der Waals surface area (Å²) in [6.45, 7) is 1.98. The van der Waals surface area contributed by atoms with Crippen LogP contribution in [-0.4, -0.2) is 37.6 Å². The summed E-state index contributed by atoms with van der Waals surface area (Å²) in [5.41, 5.74) is 1.42. The third-order valence-corrected chi connectivity index (χ3v) is 3.61. The van der Waals surface area contributed by atoms with Gasteiger partial charge in [-0.25, -0.2) is 9.97 Å². The first kappa shape index (κ1) is 16.1. The largest absolute Gasteiger partial charge is 0.352 e. The molecule has 0 bridgehead atoms. The fourth-order valence-corrected chi connectivity index (χ4v) is 2.27. The van der Waals surface area contributed by atoms with Crippen molar-refractivity contribution < 1.29 is 9.59 Å². The van der Waals surface area contributed by atoms with Crippen LogP contribution in [0.5, 0.6) is 0 Å². The molecule has 1 saturated carbocycles. The number of hydrogen-bond acceptors (Lipinski definition) is 5. The number of aryl methyl sites for hydroxylation is 2. The summed E-state index contributed by atoms with van der Waals surface area (Å²) in [5.74, 6) is 0.518. The first-order valence-electron chi connectivity index (χ1n) is 7.99. The van der Waals surface area contributed by atoms with Crippen molar-refractivity contribution in [2.24, 2.45) is 0 Å². The molecule has 0 unspecified atom stereocenters. The normalized spacial score (nSPS) is 13.5. The van der Waals surface area contributed by atoms with Gasteiger partial charge in [0.05, 0.1) is 11.9 Å². The maximum atomic E-state index is 12.0. The van der Waals surface area contributed by atoms with Gasteiger partial charge in [0.2, 0.25) is 11.8 Å². The Bertz CT molecular complexity index is 738. The quantitative estimate of drug-likeness (QED) is 0.784. The number of carbonyl (C=O) groups excluding carboxylic acids is 2. The van der Waals surface area contributed by atoms with Crippen molar-refractivity contribution >= 4 is 17.5 Å². The van der Waals surface area contributed by atoms with Crippen molar-refractivity contribution in [3.63, 3.8) is 0 Å². The predicted octanol–water partition coefficient (Wildman–Crippen LogP) is 0.831. The number of nitrogens with zero attached hydrogens (tertiary/aromatic N) is 4. The van der Waals surface area contributed by atoms with Crippen LogP contribution in [0.2, 0.25) is 0 Å². The minimum absolute atomic E-state index is 0.0578. The highest BCUT2D eigenvalue weighted by Crippen LogP contribution is 2.18. The van der Waals surface area contributed by atoms with Gasteiger partial charge < -0.3 is 10.6 Å². The third-order valence-electron chi connectivity index (χ3n) is 3.61. The number of anilines is 1. The van der Waals surface area contributed by atoms with E-state index < -0.39 is 0 Å². The average Bonchev–Trinajstić information content (AvgIpc) is 3.24. The molecule has 0 spiro atoms. The molecular formula is C16H20N6O2. The second-order valence-electron chi connectivity index (χ2n) is 5.91. The Balaban J connectivity index is 1.45. The van der Waals surface area contributed by atoms with Crippen molar-refractivity contribution in [2.75, 3.05) is 5.32 Å². The zero-order valence-electron chi connectivity index (χ0n) is 13.5. The van der Waals surface area contributed by atoms with E-state index in [0.29, 0.717) is 30.4 Å². The molecule has 1 aliphatic carbocycles. The second-order valence-corrected chi connectivity index (χ2v) is 5.91. The Morgan fingerprint density at radius 2 is 2.17 bits per heavy atom. The zero-order chi connectivity index (χ0) is 16.9. The number of nitrogens with one attached hydrogen (secondary N) is 2. The lowest BCUT2D eigenvalue weighted by Gasteiger charge is -2.04. The van der Waals surface area contributed by atoms with Gasteiger partial charge in [-0.15, -0.1) is 0 Å². The van der Waals surface area contributed by atoms with Gasteiger partial charge in [-0.1, -0.05) is 0 Å². The van der Waals surface area contributed by atoms with Crippen molar-refractivity contribution in [1.29, 1.82) is 0 Å². The van der Waals surface area contributed by atoms with Gasteiger partial charge in [-0.2, -0.15) is 5.10 Å². The van der Waals surface area contributed by atoms with E-state index in [1.54, 1.807) is 18.5 Å². The molecule has 0 aromatic carbocycles. The van der Waals surface area contributed by atoms with Crippen LogP contribution >= 0.6 is 0 Å². The Kier molecular flexibility index (Phi) is 4.83. The van der Waals surface area contributed by atoms with E-state index in [1.165, 1.54) is 10.9 Å². The Labute approximate surface area is 139 Å². The van der Waals surface area contributed by atoms with Crippen LogP contribution in [0.3, 0.4) is 0 Å². The summed E-state index contributed by atoms with van der Waals surface area (Å²) in [6, 6.07) is 2.13. The molecule has 0 radical (unpaired) electrons. The lowest BCUT2D eigenvalue weighted by atomic mass is 10.2. The Morgan fingerprint density at radius 3 is 2.92 bits per heavy atom. The van der Waals surface area contributed by atoms with E-state index in [1.807, 2.05) is 6.92 Å². The van der Waals surface area contributed by atoms with Crippen LogP contribution in [0.15, 0.2) is 24.7 Å². The van der Waals surface area contributed by atoms with Crippen LogP contribution in [0.25, 0.3) is 0 Å². The molecule has 2 N–H and O–H groups in total. The summed E-state index contributed by atoms with van der Waals surface area (Å²) < 4.78 is 1.51. The number of aromatic nitrogens is 4. The van der Waals surface area contributed by atoms with E-state index in [9.17, 15) is 9.59 Å². The number of amides is 2. The highest BCUT2D eigenvalue weighted by molar-refractivity contribution is 5.90. The van der Waals surface area contributed by atoms with E-state index in [2.05, 4.69) is 25.7 Å². The molecule has 0 atom stereocenters. The molecule has 0 saturated heterocycles. The van der Waals surface area contributed by atoms with Gasteiger partial charge in [0, 0.05) is 30.6 Å². The molecule has 3 rings (SSSR count). The topological polar surface area (TPSA) is 102 Å². The first-order chi connectivity index (χ1) is 11.6. The second kappa shape index (κ2) is 7.20. The molecule has 126 valence electrons. The molecule has 2 aromatic rings. The van der Waals surface area contributed by atoms with E-state index in [0.717, 1.165) is 18.5 Å². The molecule has 2 heterocycles. The lowest BCUT2D eigenvalue weighted by Crippen LogP contribution is -2.29. The maximum absolute atomic E-state index is 12.0. The van der Waals surface area contributed by atoms with Crippen LogP contribution in [0, 0.1) is 6.92 Å². The first-order valence-corrected chi connectivity index (χ1v) is 7.99. The monoisotopic (exact) mass is 328 g/mol. The van der Waals surface area contributed by atoms with E-state index in [-0.39, 0.29) is 18.4 Å². The van der Waals surface area contributed by atoms with Gasteiger partial charge in [0.15, 0.2) is 0 Å². The summed E-state index contributed by atoms with van der Waals surface area (Å²) in [6.07, 6.45) is 7.86. The Morgan fingerprint density at radius 1 is 1.33 bits per heavy atom. The summed E-state index contributed by atoms with van der Waals surface area (Å²) in [5, 5.41) is 9.76. The standard InChI is InChI=1S/C16H20N6O2/c1-11-17-7-6-13(19-11)4-5-15(23)21-14-8-18-22(9-14)10-16(24)20-12-2-3-12/h6-9,12H,2-5,10H2,1H3,(H,20,24)(H,21,23). The predicted molar refractivity (Wildman–Crippen MR) is 87.1 cm³/mol. The van der Waals surface area contributed by atoms with Crippen LogP contribution in [-0.2, 0) is 22.6 Å². The minimum Gasteiger partial charge on any atom is -0.352 e. The molecule has 8 nitrogen and oxygen atoms in total. The minimum atomic E-state index is -0.117. The van der Waals surface area contributed by atoms with Crippen LogP contribution in [0.4, 0.5) is 5.69 Å². The molecule has 2 aromatic heterocycles. The molecule has 0 aliphatic heterocycles. The molecular weight excluding hydrogens is 308 g/mol. The highest BCUT2D eigenvalue weighted by Gasteiger charge is 2.23. The highest BCUT2D eigenvalue weighted by atomic mass is 16.2. The molecule has 24 heavy (non-hydrogen) atoms. The Hall–Kier alpha value is -2.77. The third kappa shape index (κ3) is 4.87. The van der Waals surface area contributed by atoms with Crippen molar-refractivity contribution in [3.05, 3.63) is 36.2 Å². The van der Waals surface area contributed by atoms with Gasteiger partial charge in [-0.3, -0.25) is 14.3 Å². The van der Waals surface area contributed by atoms with Gasteiger partial charge in [-0.05, 0) is 32.3 Å². The summed E-state index contributed by atoms with van der Waals surface area (Å²) in [4.78, 5) is 32.0. The molecule has 8 heteroatoms. The van der Waals surface area contributed by atoms with Gasteiger partial charge >= 0.3 is 0 Å². The van der Waals surface area contributed by atoms with Crippen LogP contribution < -0.4 is 10.6 Å². The maximum Gasteiger partial charge on any atom is 0.241 e. The fourth-order valence-electron chi connectivity index (χ4n) is 2.27. The summed E-state index contributed by atoms with van der Waals surface area (Å²) >= 11 is 0. The molecule has 1 aliphatic rings.